The summed E-state index contributed by atoms with van der Waals surface area (Å²) in [6.45, 7) is 4.84. The van der Waals surface area contributed by atoms with E-state index in [4.69, 9.17) is 11.6 Å². The van der Waals surface area contributed by atoms with E-state index in [2.05, 4.69) is 27.8 Å². The van der Waals surface area contributed by atoms with Gasteiger partial charge in [0, 0.05) is 18.5 Å². The first-order valence-corrected chi connectivity index (χ1v) is 8.96. The van der Waals surface area contributed by atoms with Crippen LogP contribution in [0.1, 0.15) is 27.0 Å². The summed E-state index contributed by atoms with van der Waals surface area (Å²) in [6, 6.07) is 15.0. The number of aryl methyl sites for hydroxylation is 2. The predicted molar refractivity (Wildman–Crippen MR) is 108 cm³/mol. The van der Waals surface area contributed by atoms with Crippen LogP contribution in [0.4, 0.5) is 5.82 Å². The average Bonchev–Trinajstić information content (AvgIpc) is 2.64. The van der Waals surface area contributed by atoms with E-state index in [9.17, 15) is 10.1 Å². The number of nitrogens with one attached hydrogen (secondary N) is 2. The highest BCUT2D eigenvalue weighted by atomic mass is 35.5. The lowest BCUT2D eigenvalue weighted by Gasteiger charge is -2.11. The van der Waals surface area contributed by atoms with E-state index >= 15 is 0 Å². The molecule has 2 N–H and O–H groups in total. The topological polar surface area (TPSA) is 77.8 Å². The van der Waals surface area contributed by atoms with Crippen LogP contribution in [0.15, 0.2) is 42.5 Å². The molecule has 2 aromatic carbocycles. The fourth-order valence-corrected chi connectivity index (χ4v) is 3.17. The molecular formula is C21H19ClN4O. The van der Waals surface area contributed by atoms with Crippen LogP contribution in [-0.4, -0.2) is 24.0 Å². The standard InChI is InChI=1S/C21H19ClN4O/c1-13-9-14(2)17-11-15(12-23)20(26-19(17)10-13)24-7-8-25-21(27)16-5-3-4-6-18(16)22/h3-6,9-11H,7-8H2,1-2H3,(H,24,26)(H,25,27). The Bertz CT molecular complexity index is 1060. The molecule has 0 radical (unpaired) electrons. The molecule has 136 valence electrons. The Balaban J connectivity index is 1.69. The van der Waals surface area contributed by atoms with Crippen LogP contribution in [0.3, 0.4) is 0 Å². The second kappa shape index (κ2) is 8.07. The quantitative estimate of drug-likeness (QED) is 0.651. The summed E-state index contributed by atoms with van der Waals surface area (Å²) in [5.74, 6) is 0.280. The van der Waals surface area contributed by atoms with Crippen LogP contribution in [0.5, 0.6) is 0 Å². The van der Waals surface area contributed by atoms with Crippen LogP contribution in [-0.2, 0) is 0 Å². The lowest BCUT2D eigenvalue weighted by atomic mass is 10.0. The molecule has 0 unspecified atom stereocenters. The highest BCUT2D eigenvalue weighted by Crippen LogP contribution is 2.24. The van der Waals surface area contributed by atoms with E-state index < -0.39 is 0 Å². The fourth-order valence-electron chi connectivity index (χ4n) is 2.95. The number of nitrogens with zero attached hydrogens (tertiary/aromatic N) is 2. The van der Waals surface area contributed by atoms with Crippen molar-refractivity contribution in [3.63, 3.8) is 0 Å². The minimum atomic E-state index is -0.236. The van der Waals surface area contributed by atoms with E-state index in [1.54, 1.807) is 24.3 Å². The third kappa shape index (κ3) is 4.18. The zero-order valence-electron chi connectivity index (χ0n) is 15.1. The maximum absolute atomic E-state index is 12.2. The number of aromatic nitrogens is 1. The minimum Gasteiger partial charge on any atom is -0.367 e. The number of carbonyl (C=O) groups excluding carboxylic acids is 1. The van der Waals surface area contributed by atoms with Gasteiger partial charge >= 0.3 is 0 Å². The molecule has 0 aliphatic rings. The maximum atomic E-state index is 12.2. The van der Waals surface area contributed by atoms with Crippen molar-refractivity contribution >= 4 is 34.2 Å². The van der Waals surface area contributed by atoms with Crippen LogP contribution < -0.4 is 10.6 Å². The van der Waals surface area contributed by atoms with Crippen LogP contribution in [0, 0.1) is 25.2 Å². The molecule has 1 amide bonds. The van der Waals surface area contributed by atoms with Gasteiger partial charge in [0.25, 0.3) is 5.91 Å². The third-order valence-corrected chi connectivity index (χ3v) is 4.56. The smallest absolute Gasteiger partial charge is 0.252 e. The van der Waals surface area contributed by atoms with Crippen molar-refractivity contribution in [2.75, 3.05) is 18.4 Å². The van der Waals surface area contributed by atoms with Gasteiger partial charge in [-0.05, 0) is 49.2 Å². The Morgan fingerprint density at radius 2 is 1.96 bits per heavy atom. The van der Waals surface area contributed by atoms with Gasteiger partial charge < -0.3 is 10.6 Å². The lowest BCUT2D eigenvalue weighted by molar-refractivity contribution is 0.0955. The molecule has 0 bridgehead atoms. The molecule has 5 nitrogen and oxygen atoms in total. The molecule has 0 aliphatic heterocycles. The Morgan fingerprint density at radius 3 is 2.70 bits per heavy atom. The largest absolute Gasteiger partial charge is 0.367 e. The molecule has 0 spiro atoms. The predicted octanol–water partition coefficient (Wildman–Crippen LogP) is 4.22. The average molecular weight is 379 g/mol. The molecule has 3 rings (SSSR count). The monoisotopic (exact) mass is 378 g/mol. The normalized spacial score (nSPS) is 10.4. The maximum Gasteiger partial charge on any atom is 0.252 e. The number of halogens is 1. The first-order chi connectivity index (χ1) is 13.0. The van der Waals surface area contributed by atoms with Crippen molar-refractivity contribution in [1.29, 1.82) is 5.26 Å². The number of fused-ring (bicyclic) bond motifs is 1. The number of hydrogen-bond acceptors (Lipinski definition) is 4. The van der Waals surface area contributed by atoms with Gasteiger partial charge in [0.05, 0.1) is 21.7 Å². The van der Waals surface area contributed by atoms with Gasteiger partial charge in [-0.2, -0.15) is 5.26 Å². The van der Waals surface area contributed by atoms with Crippen LogP contribution in [0.25, 0.3) is 10.9 Å². The Hall–Kier alpha value is -3.10. The third-order valence-electron chi connectivity index (χ3n) is 4.23. The van der Waals surface area contributed by atoms with Crippen molar-refractivity contribution < 1.29 is 4.79 Å². The molecule has 0 atom stereocenters. The zero-order chi connectivity index (χ0) is 19.4. The molecular weight excluding hydrogens is 360 g/mol. The first kappa shape index (κ1) is 18.7. The number of pyridine rings is 1. The van der Waals surface area contributed by atoms with E-state index in [0.29, 0.717) is 35.1 Å². The van der Waals surface area contributed by atoms with Gasteiger partial charge in [0.15, 0.2) is 0 Å². The molecule has 1 heterocycles. The summed E-state index contributed by atoms with van der Waals surface area (Å²) in [7, 11) is 0. The van der Waals surface area contributed by atoms with Gasteiger partial charge in [-0.1, -0.05) is 29.8 Å². The van der Waals surface area contributed by atoms with Crippen LogP contribution >= 0.6 is 11.6 Å². The van der Waals surface area contributed by atoms with E-state index in [0.717, 1.165) is 22.0 Å². The highest BCUT2D eigenvalue weighted by Gasteiger charge is 2.10. The van der Waals surface area contributed by atoms with Gasteiger partial charge in [0.2, 0.25) is 0 Å². The van der Waals surface area contributed by atoms with Crippen molar-refractivity contribution in [2.24, 2.45) is 0 Å². The number of benzene rings is 2. The number of rotatable bonds is 5. The number of carbonyl (C=O) groups is 1. The SMILES string of the molecule is Cc1cc(C)c2cc(C#N)c(NCCNC(=O)c3ccccc3Cl)nc2c1. The molecule has 27 heavy (non-hydrogen) atoms. The number of amides is 1. The Morgan fingerprint density at radius 1 is 1.19 bits per heavy atom. The minimum absolute atomic E-state index is 0.236. The van der Waals surface area contributed by atoms with Crippen molar-refractivity contribution in [2.45, 2.75) is 13.8 Å². The second-order valence-corrected chi connectivity index (χ2v) is 6.71. The van der Waals surface area contributed by atoms with E-state index in [-0.39, 0.29) is 5.91 Å². The molecule has 3 aromatic rings. The van der Waals surface area contributed by atoms with Gasteiger partial charge in [-0.25, -0.2) is 4.98 Å². The number of hydrogen-bond donors (Lipinski definition) is 2. The summed E-state index contributed by atoms with van der Waals surface area (Å²) >= 11 is 6.03. The fraction of sp³-hybridized carbons (Fsp3) is 0.190. The number of anilines is 1. The van der Waals surface area contributed by atoms with E-state index in [1.165, 1.54) is 0 Å². The molecule has 6 heteroatoms. The van der Waals surface area contributed by atoms with Gasteiger partial charge in [-0.15, -0.1) is 0 Å². The molecule has 1 aromatic heterocycles. The summed E-state index contributed by atoms with van der Waals surface area (Å²) in [6.07, 6.45) is 0. The van der Waals surface area contributed by atoms with Crippen LogP contribution in [0.2, 0.25) is 5.02 Å². The molecule has 0 saturated carbocycles. The number of nitriles is 1. The highest BCUT2D eigenvalue weighted by molar-refractivity contribution is 6.33. The summed E-state index contributed by atoms with van der Waals surface area (Å²) in [5, 5.41) is 16.8. The van der Waals surface area contributed by atoms with E-state index in [1.807, 2.05) is 26.0 Å². The van der Waals surface area contributed by atoms with Gasteiger partial charge in [-0.3, -0.25) is 4.79 Å². The summed E-state index contributed by atoms with van der Waals surface area (Å²) < 4.78 is 0. The zero-order valence-corrected chi connectivity index (χ0v) is 15.9. The summed E-state index contributed by atoms with van der Waals surface area (Å²) in [5.41, 5.74) is 3.97. The lowest BCUT2D eigenvalue weighted by Crippen LogP contribution is -2.29. The molecule has 0 fully saturated rings. The summed E-state index contributed by atoms with van der Waals surface area (Å²) in [4.78, 5) is 16.7. The molecule has 0 aliphatic carbocycles. The Labute approximate surface area is 163 Å². The van der Waals surface area contributed by atoms with Crippen molar-refractivity contribution in [1.82, 2.24) is 10.3 Å². The molecule has 0 saturated heterocycles. The first-order valence-electron chi connectivity index (χ1n) is 8.58. The van der Waals surface area contributed by atoms with Crippen molar-refractivity contribution in [3.8, 4) is 6.07 Å². The van der Waals surface area contributed by atoms with Crippen molar-refractivity contribution in [3.05, 3.63) is 69.7 Å². The van der Waals surface area contributed by atoms with Gasteiger partial charge in [0.1, 0.15) is 11.9 Å². The Kier molecular flexibility index (Phi) is 5.58. The second-order valence-electron chi connectivity index (χ2n) is 6.31.